The summed E-state index contributed by atoms with van der Waals surface area (Å²) in [6.07, 6.45) is 2.65. The molecule has 0 atom stereocenters. The van der Waals surface area contributed by atoms with Crippen LogP contribution in [-0.4, -0.2) is 35.2 Å². The number of imidazole rings is 1. The number of halogens is 1. The first-order chi connectivity index (χ1) is 11.1. The third kappa shape index (κ3) is 2.88. The average Bonchev–Trinajstić information content (AvgIpc) is 3.20. The predicted octanol–water partition coefficient (Wildman–Crippen LogP) is 4.00. The second-order valence-electron chi connectivity index (χ2n) is 6.12. The molecule has 5 nitrogen and oxygen atoms in total. The Kier molecular flexibility index (Phi) is 3.66. The molecule has 0 saturated heterocycles. The lowest BCUT2D eigenvalue weighted by Gasteiger charge is -2.13. The van der Waals surface area contributed by atoms with E-state index in [9.17, 15) is 0 Å². The Labute approximate surface area is 143 Å². The number of nitrogens with one attached hydrogen (secondary N) is 1. The van der Waals surface area contributed by atoms with Crippen LogP contribution in [0.2, 0.25) is 5.15 Å². The molecule has 1 N–H and O–H groups in total. The first kappa shape index (κ1) is 14.8. The van der Waals surface area contributed by atoms with E-state index in [1.165, 1.54) is 12.8 Å². The Balaban J connectivity index is 1.72. The second kappa shape index (κ2) is 5.69. The summed E-state index contributed by atoms with van der Waals surface area (Å²) in [4.78, 5) is 7.35. The third-order valence-electron chi connectivity index (χ3n) is 4.04. The van der Waals surface area contributed by atoms with E-state index >= 15 is 0 Å². The van der Waals surface area contributed by atoms with Crippen molar-refractivity contribution < 1.29 is 0 Å². The molecular formula is C16H18ClN5S. The summed E-state index contributed by atoms with van der Waals surface area (Å²) < 4.78 is 1.84. The van der Waals surface area contributed by atoms with Crippen LogP contribution in [0.15, 0.2) is 24.3 Å². The van der Waals surface area contributed by atoms with Crippen molar-refractivity contribution in [3.8, 4) is 11.3 Å². The van der Waals surface area contributed by atoms with Crippen LogP contribution >= 0.6 is 22.9 Å². The number of hydrogen-bond acceptors (Lipinski definition) is 5. The van der Waals surface area contributed by atoms with Gasteiger partial charge in [-0.05, 0) is 30.9 Å². The van der Waals surface area contributed by atoms with Crippen LogP contribution < -0.4 is 10.2 Å². The van der Waals surface area contributed by atoms with E-state index in [-0.39, 0.29) is 0 Å². The van der Waals surface area contributed by atoms with Gasteiger partial charge in [0, 0.05) is 31.9 Å². The van der Waals surface area contributed by atoms with Gasteiger partial charge in [-0.25, -0.2) is 4.98 Å². The molecule has 120 valence electrons. The molecule has 1 fully saturated rings. The molecule has 1 aliphatic rings. The molecular weight excluding hydrogens is 330 g/mol. The van der Waals surface area contributed by atoms with Crippen molar-refractivity contribution >= 4 is 38.7 Å². The number of nitrogens with zero attached hydrogens (tertiary/aromatic N) is 4. The highest BCUT2D eigenvalue weighted by Crippen LogP contribution is 2.34. The van der Waals surface area contributed by atoms with Gasteiger partial charge in [-0.1, -0.05) is 35.1 Å². The van der Waals surface area contributed by atoms with E-state index < -0.39 is 0 Å². The normalized spacial score (nSPS) is 14.4. The predicted molar refractivity (Wildman–Crippen MR) is 96.9 cm³/mol. The van der Waals surface area contributed by atoms with Crippen LogP contribution in [0.3, 0.4) is 0 Å². The number of benzene rings is 1. The lowest BCUT2D eigenvalue weighted by molar-refractivity contribution is 0.875. The van der Waals surface area contributed by atoms with Gasteiger partial charge in [-0.15, -0.1) is 5.10 Å². The maximum absolute atomic E-state index is 6.37. The SMILES string of the molecule is CN(C)c1cccc(-c2c(Cl)nc3sc(NCC4CC4)nn23)c1. The maximum atomic E-state index is 6.37. The van der Waals surface area contributed by atoms with Gasteiger partial charge < -0.3 is 10.2 Å². The van der Waals surface area contributed by atoms with E-state index in [0.29, 0.717) is 5.15 Å². The van der Waals surface area contributed by atoms with Crippen LogP contribution in [0.4, 0.5) is 10.8 Å². The summed E-state index contributed by atoms with van der Waals surface area (Å²) in [7, 11) is 4.05. The molecule has 1 saturated carbocycles. The average molecular weight is 348 g/mol. The van der Waals surface area contributed by atoms with E-state index in [1.54, 1.807) is 11.3 Å². The quantitative estimate of drug-likeness (QED) is 0.757. The topological polar surface area (TPSA) is 45.5 Å². The number of fused-ring (bicyclic) bond motifs is 1. The molecule has 1 aliphatic carbocycles. The van der Waals surface area contributed by atoms with E-state index in [2.05, 4.69) is 32.4 Å². The fraction of sp³-hybridized carbons (Fsp3) is 0.375. The Morgan fingerprint density at radius 1 is 1.39 bits per heavy atom. The Bertz CT molecular complexity index is 849. The summed E-state index contributed by atoms with van der Waals surface area (Å²) >= 11 is 7.91. The van der Waals surface area contributed by atoms with Crippen LogP contribution in [0, 0.1) is 5.92 Å². The molecule has 23 heavy (non-hydrogen) atoms. The summed E-state index contributed by atoms with van der Waals surface area (Å²) in [6, 6.07) is 8.24. The minimum absolute atomic E-state index is 0.494. The molecule has 0 spiro atoms. The molecule has 4 rings (SSSR count). The van der Waals surface area contributed by atoms with Gasteiger partial charge in [0.25, 0.3) is 0 Å². The number of rotatable bonds is 5. The van der Waals surface area contributed by atoms with E-state index in [1.807, 2.05) is 30.7 Å². The highest BCUT2D eigenvalue weighted by atomic mass is 35.5. The maximum Gasteiger partial charge on any atom is 0.215 e. The van der Waals surface area contributed by atoms with Crippen molar-refractivity contribution in [3.05, 3.63) is 29.4 Å². The smallest absolute Gasteiger partial charge is 0.215 e. The fourth-order valence-corrected chi connectivity index (χ4v) is 3.65. The molecule has 0 amide bonds. The van der Waals surface area contributed by atoms with Crippen molar-refractivity contribution in [1.82, 2.24) is 14.6 Å². The summed E-state index contributed by atoms with van der Waals surface area (Å²) in [5, 5.41) is 9.45. The highest BCUT2D eigenvalue weighted by molar-refractivity contribution is 7.20. The Hall–Kier alpha value is -1.79. The van der Waals surface area contributed by atoms with Gasteiger partial charge in [0.05, 0.1) is 0 Å². The molecule has 2 heterocycles. The minimum atomic E-state index is 0.494. The van der Waals surface area contributed by atoms with Gasteiger partial charge in [0.1, 0.15) is 5.69 Å². The van der Waals surface area contributed by atoms with Crippen molar-refractivity contribution in [2.75, 3.05) is 30.9 Å². The van der Waals surface area contributed by atoms with Crippen LogP contribution in [0.25, 0.3) is 16.2 Å². The van der Waals surface area contributed by atoms with E-state index in [4.69, 9.17) is 11.6 Å². The van der Waals surface area contributed by atoms with Gasteiger partial charge in [0.15, 0.2) is 5.15 Å². The van der Waals surface area contributed by atoms with Gasteiger partial charge in [-0.2, -0.15) is 4.52 Å². The standard InChI is InChI=1S/C16H18ClN5S/c1-21(2)12-5-3-4-11(8-12)13-14(17)19-16-22(13)20-15(23-16)18-9-10-6-7-10/h3-5,8,10H,6-7,9H2,1-2H3,(H,18,20). The summed E-state index contributed by atoms with van der Waals surface area (Å²) in [5.74, 6) is 0.811. The lowest BCUT2D eigenvalue weighted by Crippen LogP contribution is -2.08. The molecule has 2 aromatic heterocycles. The van der Waals surface area contributed by atoms with Gasteiger partial charge >= 0.3 is 0 Å². The zero-order valence-corrected chi connectivity index (χ0v) is 14.7. The molecule has 0 bridgehead atoms. The monoisotopic (exact) mass is 347 g/mol. The number of aromatic nitrogens is 3. The lowest BCUT2D eigenvalue weighted by atomic mass is 10.1. The van der Waals surface area contributed by atoms with E-state index in [0.717, 1.165) is 39.5 Å². The molecule has 0 aliphatic heterocycles. The zero-order valence-electron chi connectivity index (χ0n) is 13.1. The zero-order chi connectivity index (χ0) is 16.0. The Morgan fingerprint density at radius 3 is 2.96 bits per heavy atom. The second-order valence-corrected chi connectivity index (χ2v) is 7.44. The Morgan fingerprint density at radius 2 is 2.22 bits per heavy atom. The molecule has 7 heteroatoms. The number of anilines is 2. The highest BCUT2D eigenvalue weighted by Gasteiger charge is 2.22. The van der Waals surface area contributed by atoms with Gasteiger partial charge in [0.2, 0.25) is 10.1 Å². The number of hydrogen-bond donors (Lipinski definition) is 1. The van der Waals surface area contributed by atoms with Crippen LogP contribution in [0.5, 0.6) is 0 Å². The molecule has 0 unspecified atom stereocenters. The van der Waals surface area contributed by atoms with Crippen molar-refractivity contribution in [2.45, 2.75) is 12.8 Å². The van der Waals surface area contributed by atoms with Crippen molar-refractivity contribution in [2.24, 2.45) is 5.92 Å². The first-order valence-corrected chi connectivity index (χ1v) is 8.88. The molecule has 1 aromatic carbocycles. The van der Waals surface area contributed by atoms with Crippen molar-refractivity contribution in [1.29, 1.82) is 0 Å². The molecule has 0 radical (unpaired) electrons. The van der Waals surface area contributed by atoms with Crippen LogP contribution in [-0.2, 0) is 0 Å². The van der Waals surface area contributed by atoms with Crippen molar-refractivity contribution in [3.63, 3.8) is 0 Å². The minimum Gasteiger partial charge on any atom is -0.378 e. The molecule has 3 aromatic rings. The summed E-state index contributed by atoms with van der Waals surface area (Å²) in [6.45, 7) is 0.996. The van der Waals surface area contributed by atoms with Crippen LogP contribution in [0.1, 0.15) is 12.8 Å². The third-order valence-corrected chi connectivity index (χ3v) is 5.17. The largest absolute Gasteiger partial charge is 0.378 e. The first-order valence-electron chi connectivity index (χ1n) is 7.68. The summed E-state index contributed by atoms with van der Waals surface area (Å²) in [5.41, 5.74) is 2.99. The van der Waals surface area contributed by atoms with Gasteiger partial charge in [-0.3, -0.25) is 0 Å². The fourth-order valence-electron chi connectivity index (χ4n) is 2.52.